The first-order chi connectivity index (χ1) is 7.81. The molecule has 0 aliphatic carbocycles. The standard InChI is InChI=1S/C9H15N3O4S/c1-3-6(4-2)12-5-7(17(10,15)16)8(13)11-9(12)14/h5-6H,3-4H2,1-2H3,(H2,10,15,16)(H,11,13,14). The van der Waals surface area contributed by atoms with Gasteiger partial charge >= 0.3 is 5.69 Å². The van der Waals surface area contributed by atoms with Crippen LogP contribution in [0.3, 0.4) is 0 Å². The van der Waals surface area contributed by atoms with E-state index in [9.17, 15) is 18.0 Å². The lowest BCUT2D eigenvalue weighted by atomic mass is 10.2. The molecule has 7 nitrogen and oxygen atoms in total. The van der Waals surface area contributed by atoms with Gasteiger partial charge in [-0.3, -0.25) is 14.3 Å². The molecule has 0 fully saturated rings. The van der Waals surface area contributed by atoms with Gasteiger partial charge in [0.25, 0.3) is 5.56 Å². The van der Waals surface area contributed by atoms with Crippen LogP contribution < -0.4 is 16.4 Å². The zero-order valence-corrected chi connectivity index (χ0v) is 10.5. The molecule has 1 aromatic heterocycles. The summed E-state index contributed by atoms with van der Waals surface area (Å²) in [5.41, 5.74) is -1.61. The minimum atomic E-state index is -4.13. The Morgan fingerprint density at radius 2 is 1.88 bits per heavy atom. The quantitative estimate of drug-likeness (QED) is 0.763. The Balaban J connectivity index is 3.55. The highest BCUT2D eigenvalue weighted by molar-refractivity contribution is 7.89. The van der Waals surface area contributed by atoms with Crippen LogP contribution in [0.25, 0.3) is 0 Å². The smallest absolute Gasteiger partial charge is 0.296 e. The second-order valence-corrected chi connectivity index (χ2v) is 5.21. The van der Waals surface area contributed by atoms with Crippen molar-refractivity contribution in [1.29, 1.82) is 0 Å². The molecule has 0 unspecified atom stereocenters. The normalized spacial score (nSPS) is 12.0. The van der Waals surface area contributed by atoms with Crippen molar-refractivity contribution in [3.8, 4) is 0 Å². The molecule has 1 heterocycles. The average Bonchev–Trinajstić information content (AvgIpc) is 2.20. The second kappa shape index (κ2) is 4.84. The van der Waals surface area contributed by atoms with E-state index in [2.05, 4.69) is 0 Å². The number of primary sulfonamides is 1. The number of aromatic amines is 1. The predicted octanol–water partition coefficient (Wildman–Crippen LogP) is -0.455. The lowest BCUT2D eigenvalue weighted by molar-refractivity contribution is 0.443. The average molecular weight is 261 g/mol. The van der Waals surface area contributed by atoms with Gasteiger partial charge in [0.05, 0.1) is 0 Å². The van der Waals surface area contributed by atoms with Crippen LogP contribution in [0.1, 0.15) is 32.7 Å². The zero-order chi connectivity index (χ0) is 13.2. The molecule has 0 spiro atoms. The van der Waals surface area contributed by atoms with Crippen molar-refractivity contribution in [2.45, 2.75) is 37.6 Å². The summed E-state index contributed by atoms with van der Waals surface area (Å²) in [6.45, 7) is 3.73. The van der Waals surface area contributed by atoms with Crippen LogP contribution in [-0.2, 0) is 10.0 Å². The fourth-order valence-corrected chi connectivity index (χ4v) is 2.19. The number of hydrogen-bond acceptors (Lipinski definition) is 4. The Labute approximate surface area is 98.3 Å². The molecule has 3 N–H and O–H groups in total. The van der Waals surface area contributed by atoms with E-state index >= 15 is 0 Å². The van der Waals surface area contributed by atoms with Crippen LogP contribution in [-0.4, -0.2) is 18.0 Å². The number of nitrogens with zero attached hydrogens (tertiary/aromatic N) is 1. The fraction of sp³-hybridized carbons (Fsp3) is 0.556. The van der Waals surface area contributed by atoms with Crippen LogP contribution in [0, 0.1) is 0 Å². The van der Waals surface area contributed by atoms with Crippen molar-refractivity contribution in [2.75, 3.05) is 0 Å². The van der Waals surface area contributed by atoms with E-state index in [0.29, 0.717) is 12.8 Å². The third kappa shape index (κ3) is 2.83. The van der Waals surface area contributed by atoms with Gasteiger partial charge in [-0.05, 0) is 12.8 Å². The number of sulfonamides is 1. The lowest BCUT2D eigenvalue weighted by Crippen LogP contribution is -2.36. The number of nitrogens with one attached hydrogen (secondary N) is 1. The van der Waals surface area contributed by atoms with Crippen molar-refractivity contribution >= 4 is 10.0 Å². The Morgan fingerprint density at radius 3 is 2.29 bits per heavy atom. The highest BCUT2D eigenvalue weighted by atomic mass is 32.2. The van der Waals surface area contributed by atoms with Crippen LogP contribution in [0.15, 0.2) is 20.7 Å². The van der Waals surface area contributed by atoms with E-state index in [4.69, 9.17) is 5.14 Å². The number of nitrogens with two attached hydrogens (primary N) is 1. The summed E-state index contributed by atoms with van der Waals surface area (Å²) in [6, 6.07) is -0.167. The van der Waals surface area contributed by atoms with Crippen molar-refractivity contribution in [3.63, 3.8) is 0 Å². The van der Waals surface area contributed by atoms with Gasteiger partial charge in [0.2, 0.25) is 10.0 Å². The second-order valence-electron chi connectivity index (χ2n) is 3.68. The molecule has 8 heteroatoms. The molecule has 1 aromatic rings. The van der Waals surface area contributed by atoms with Crippen LogP contribution in [0.5, 0.6) is 0 Å². The van der Waals surface area contributed by atoms with E-state index in [0.717, 1.165) is 6.20 Å². The molecule has 0 atom stereocenters. The van der Waals surface area contributed by atoms with Gasteiger partial charge in [0.15, 0.2) is 4.90 Å². The van der Waals surface area contributed by atoms with Gasteiger partial charge in [0, 0.05) is 12.2 Å². The number of hydrogen-bond donors (Lipinski definition) is 2. The van der Waals surface area contributed by atoms with Gasteiger partial charge in [-0.25, -0.2) is 18.4 Å². The zero-order valence-electron chi connectivity index (χ0n) is 9.63. The van der Waals surface area contributed by atoms with E-state index in [-0.39, 0.29) is 6.04 Å². The summed E-state index contributed by atoms with van der Waals surface area (Å²) in [6.07, 6.45) is 2.30. The largest absolute Gasteiger partial charge is 0.328 e. The maximum Gasteiger partial charge on any atom is 0.328 e. The first-order valence-electron chi connectivity index (χ1n) is 5.19. The van der Waals surface area contributed by atoms with E-state index < -0.39 is 26.2 Å². The third-order valence-corrected chi connectivity index (χ3v) is 3.48. The monoisotopic (exact) mass is 261 g/mol. The molecular weight excluding hydrogens is 246 g/mol. The Kier molecular flexibility index (Phi) is 3.89. The Morgan fingerprint density at radius 1 is 1.35 bits per heavy atom. The van der Waals surface area contributed by atoms with Crippen molar-refractivity contribution in [2.24, 2.45) is 5.14 Å². The van der Waals surface area contributed by atoms with Crippen molar-refractivity contribution < 1.29 is 8.42 Å². The number of aromatic nitrogens is 2. The van der Waals surface area contributed by atoms with Crippen molar-refractivity contribution in [1.82, 2.24) is 9.55 Å². The maximum atomic E-state index is 11.6. The highest BCUT2D eigenvalue weighted by Gasteiger charge is 2.17. The summed E-state index contributed by atoms with van der Waals surface area (Å²) in [5.74, 6) is 0. The molecule has 0 aromatic carbocycles. The van der Waals surface area contributed by atoms with Gasteiger partial charge in [-0.15, -0.1) is 0 Å². The minimum absolute atomic E-state index is 0.167. The molecule has 0 aliphatic rings. The topological polar surface area (TPSA) is 115 Å². The Bertz CT molecular complexity index is 610. The van der Waals surface area contributed by atoms with Gasteiger partial charge in [-0.2, -0.15) is 0 Å². The number of H-pyrrole nitrogens is 1. The van der Waals surface area contributed by atoms with E-state index in [1.54, 1.807) is 0 Å². The molecule has 0 bridgehead atoms. The van der Waals surface area contributed by atoms with E-state index in [1.165, 1.54) is 4.57 Å². The molecule has 0 saturated carbocycles. The lowest BCUT2D eigenvalue weighted by Gasteiger charge is -2.15. The molecule has 0 amide bonds. The first-order valence-corrected chi connectivity index (χ1v) is 6.74. The molecule has 1 rings (SSSR count). The van der Waals surface area contributed by atoms with Crippen LogP contribution in [0.4, 0.5) is 0 Å². The summed E-state index contributed by atoms with van der Waals surface area (Å²) < 4.78 is 23.5. The molecule has 96 valence electrons. The SMILES string of the molecule is CCC(CC)n1cc(S(N)(=O)=O)c(=O)[nH]c1=O. The van der Waals surface area contributed by atoms with E-state index in [1.807, 2.05) is 18.8 Å². The van der Waals surface area contributed by atoms with Crippen LogP contribution >= 0.6 is 0 Å². The summed E-state index contributed by atoms with van der Waals surface area (Å²) in [7, 11) is -4.13. The van der Waals surface area contributed by atoms with Gasteiger partial charge in [-0.1, -0.05) is 13.8 Å². The predicted molar refractivity (Wildman–Crippen MR) is 62.3 cm³/mol. The third-order valence-electron chi connectivity index (χ3n) is 2.58. The van der Waals surface area contributed by atoms with Gasteiger partial charge < -0.3 is 0 Å². The van der Waals surface area contributed by atoms with Gasteiger partial charge in [0.1, 0.15) is 0 Å². The molecule has 0 radical (unpaired) electrons. The first kappa shape index (κ1) is 13.7. The summed E-state index contributed by atoms with van der Waals surface area (Å²) in [4.78, 5) is 24.2. The minimum Gasteiger partial charge on any atom is -0.296 e. The molecule has 0 saturated heterocycles. The molecule has 17 heavy (non-hydrogen) atoms. The molecule has 0 aliphatic heterocycles. The maximum absolute atomic E-state index is 11.6. The van der Waals surface area contributed by atoms with Crippen LogP contribution in [0.2, 0.25) is 0 Å². The highest BCUT2D eigenvalue weighted by Crippen LogP contribution is 2.12. The summed E-state index contributed by atoms with van der Waals surface area (Å²) >= 11 is 0. The fourth-order valence-electron chi connectivity index (χ4n) is 1.62. The van der Waals surface area contributed by atoms with Crippen molar-refractivity contribution in [3.05, 3.63) is 27.0 Å². The number of rotatable bonds is 4. The summed E-state index contributed by atoms with van der Waals surface area (Å²) in [5, 5.41) is 4.90. The Hall–Kier alpha value is -1.41. The molecular formula is C9H15N3O4S.